The van der Waals surface area contributed by atoms with Gasteiger partial charge in [0, 0.05) is 23.6 Å². The Bertz CT molecular complexity index is 937. The van der Waals surface area contributed by atoms with Crippen molar-refractivity contribution in [3.63, 3.8) is 0 Å². The third kappa shape index (κ3) is 6.38. The molecule has 0 spiro atoms. The number of hydrogen-bond acceptors (Lipinski definition) is 4. The molecule has 0 unspecified atom stereocenters. The van der Waals surface area contributed by atoms with E-state index >= 15 is 0 Å². The van der Waals surface area contributed by atoms with Crippen molar-refractivity contribution in [3.05, 3.63) is 53.8 Å². The van der Waals surface area contributed by atoms with Crippen LogP contribution in [-0.2, 0) is 9.59 Å². The number of carbonyl (C=O) groups is 3. The van der Waals surface area contributed by atoms with Crippen LogP contribution in [0.5, 0.6) is 5.75 Å². The number of carbonyl (C=O) groups excluding carboxylic acids is 3. The Morgan fingerprint density at radius 3 is 2.39 bits per heavy atom. The summed E-state index contributed by atoms with van der Waals surface area (Å²) in [6.45, 7) is 1.54. The van der Waals surface area contributed by atoms with Gasteiger partial charge in [-0.3, -0.25) is 14.4 Å². The van der Waals surface area contributed by atoms with E-state index in [1.54, 1.807) is 31.2 Å². The average molecular weight is 426 g/mol. The summed E-state index contributed by atoms with van der Waals surface area (Å²) in [5, 5.41) is 5.28. The molecule has 2 aromatic carbocycles. The summed E-state index contributed by atoms with van der Waals surface area (Å²) in [5.74, 6) is -0.770. The van der Waals surface area contributed by atoms with Gasteiger partial charge in [-0.25, -0.2) is 4.39 Å². The number of Topliss-reactive ketones (excluding diaryl/α,β-unsaturated/α-hetero) is 1. The zero-order valence-electron chi connectivity index (χ0n) is 17.6. The van der Waals surface area contributed by atoms with Crippen molar-refractivity contribution in [3.8, 4) is 5.75 Å². The number of anilines is 2. The summed E-state index contributed by atoms with van der Waals surface area (Å²) < 4.78 is 19.6. The SMILES string of the molecule is CCC(=O)c1ccc(OCC(=O)Nc2ccc(F)c(NC(=O)C3CCCCC3)c2)cc1. The molecule has 0 atom stereocenters. The number of ether oxygens (including phenoxy) is 1. The zero-order chi connectivity index (χ0) is 22.2. The minimum Gasteiger partial charge on any atom is -0.484 e. The van der Waals surface area contributed by atoms with E-state index in [4.69, 9.17) is 4.74 Å². The third-order valence-corrected chi connectivity index (χ3v) is 5.35. The topological polar surface area (TPSA) is 84.5 Å². The molecule has 1 fully saturated rings. The van der Waals surface area contributed by atoms with Gasteiger partial charge >= 0.3 is 0 Å². The second-order valence-electron chi connectivity index (χ2n) is 7.66. The Balaban J connectivity index is 1.54. The highest BCUT2D eigenvalue weighted by molar-refractivity contribution is 5.96. The summed E-state index contributed by atoms with van der Waals surface area (Å²) in [5.41, 5.74) is 0.997. The van der Waals surface area contributed by atoms with Crippen LogP contribution in [-0.4, -0.2) is 24.2 Å². The first-order valence-electron chi connectivity index (χ1n) is 10.6. The molecule has 6 nitrogen and oxygen atoms in total. The molecular weight excluding hydrogens is 399 g/mol. The molecule has 1 aliphatic rings. The van der Waals surface area contributed by atoms with Crippen molar-refractivity contribution in [1.29, 1.82) is 0 Å². The van der Waals surface area contributed by atoms with Gasteiger partial charge in [0.05, 0.1) is 5.69 Å². The average Bonchev–Trinajstić information content (AvgIpc) is 2.80. The molecule has 164 valence electrons. The van der Waals surface area contributed by atoms with E-state index in [2.05, 4.69) is 10.6 Å². The minimum absolute atomic E-state index is 0.0342. The molecule has 1 aliphatic carbocycles. The van der Waals surface area contributed by atoms with Gasteiger partial charge in [0.25, 0.3) is 5.91 Å². The fourth-order valence-electron chi connectivity index (χ4n) is 3.59. The molecule has 31 heavy (non-hydrogen) atoms. The Labute approximate surface area is 181 Å². The number of ketones is 1. The number of benzene rings is 2. The quantitative estimate of drug-likeness (QED) is 0.585. The first kappa shape index (κ1) is 22.5. The first-order valence-corrected chi connectivity index (χ1v) is 10.6. The molecule has 7 heteroatoms. The molecule has 2 N–H and O–H groups in total. The maximum atomic E-state index is 14.1. The lowest BCUT2D eigenvalue weighted by Crippen LogP contribution is -2.25. The summed E-state index contributed by atoms with van der Waals surface area (Å²) in [7, 11) is 0. The van der Waals surface area contributed by atoms with E-state index in [0.717, 1.165) is 32.1 Å². The Morgan fingerprint density at radius 2 is 1.71 bits per heavy atom. The van der Waals surface area contributed by atoms with Crippen molar-refractivity contribution in [2.75, 3.05) is 17.2 Å². The number of hydrogen-bond donors (Lipinski definition) is 2. The fourth-order valence-corrected chi connectivity index (χ4v) is 3.59. The van der Waals surface area contributed by atoms with E-state index < -0.39 is 11.7 Å². The van der Waals surface area contributed by atoms with Crippen molar-refractivity contribution in [2.24, 2.45) is 5.92 Å². The first-order chi connectivity index (χ1) is 15.0. The number of nitrogens with one attached hydrogen (secondary N) is 2. The van der Waals surface area contributed by atoms with Crippen LogP contribution in [0.4, 0.5) is 15.8 Å². The Hall–Kier alpha value is -3.22. The monoisotopic (exact) mass is 426 g/mol. The summed E-state index contributed by atoms with van der Waals surface area (Å²) in [4.78, 5) is 36.2. The van der Waals surface area contributed by atoms with E-state index in [-0.39, 0.29) is 29.9 Å². The second-order valence-corrected chi connectivity index (χ2v) is 7.66. The third-order valence-electron chi connectivity index (χ3n) is 5.35. The van der Waals surface area contributed by atoms with Crippen LogP contribution in [0.3, 0.4) is 0 Å². The lowest BCUT2D eigenvalue weighted by atomic mass is 9.88. The van der Waals surface area contributed by atoms with Crippen molar-refractivity contribution in [1.82, 2.24) is 0 Å². The van der Waals surface area contributed by atoms with Gasteiger partial charge in [-0.2, -0.15) is 0 Å². The van der Waals surface area contributed by atoms with Crippen LogP contribution >= 0.6 is 0 Å². The van der Waals surface area contributed by atoms with E-state index in [1.807, 2.05) is 0 Å². The predicted molar refractivity (Wildman–Crippen MR) is 117 cm³/mol. The maximum absolute atomic E-state index is 14.1. The predicted octanol–water partition coefficient (Wildman–Crippen LogP) is 4.95. The lowest BCUT2D eigenvalue weighted by Gasteiger charge is -2.21. The van der Waals surface area contributed by atoms with E-state index in [1.165, 1.54) is 18.2 Å². The molecule has 1 saturated carbocycles. The number of halogens is 1. The molecular formula is C24H27FN2O4. The number of amides is 2. The van der Waals surface area contributed by atoms with Gasteiger partial charge in [0.1, 0.15) is 11.6 Å². The highest BCUT2D eigenvalue weighted by Crippen LogP contribution is 2.26. The fraction of sp³-hybridized carbons (Fsp3) is 0.375. The normalized spacial score (nSPS) is 14.0. The second kappa shape index (κ2) is 10.7. The van der Waals surface area contributed by atoms with Gasteiger partial charge in [0.2, 0.25) is 5.91 Å². The summed E-state index contributed by atoms with van der Waals surface area (Å²) in [6.07, 6.45) is 5.19. The zero-order valence-corrected chi connectivity index (χ0v) is 17.6. The van der Waals surface area contributed by atoms with E-state index in [0.29, 0.717) is 23.4 Å². The highest BCUT2D eigenvalue weighted by atomic mass is 19.1. The smallest absolute Gasteiger partial charge is 0.262 e. The molecule has 3 rings (SSSR count). The minimum atomic E-state index is -0.555. The van der Waals surface area contributed by atoms with Crippen LogP contribution in [0.2, 0.25) is 0 Å². The molecule has 0 aliphatic heterocycles. The Morgan fingerprint density at radius 1 is 1.00 bits per heavy atom. The van der Waals surface area contributed by atoms with Gasteiger partial charge in [0.15, 0.2) is 12.4 Å². The van der Waals surface area contributed by atoms with Crippen molar-refractivity contribution in [2.45, 2.75) is 45.4 Å². The maximum Gasteiger partial charge on any atom is 0.262 e. The van der Waals surface area contributed by atoms with Gasteiger partial charge in [-0.15, -0.1) is 0 Å². The van der Waals surface area contributed by atoms with Crippen LogP contribution in [0.1, 0.15) is 55.8 Å². The molecule has 0 bridgehead atoms. The molecule has 0 saturated heterocycles. The molecule has 0 heterocycles. The van der Waals surface area contributed by atoms with Crippen LogP contribution < -0.4 is 15.4 Å². The molecule has 0 aromatic heterocycles. The van der Waals surface area contributed by atoms with Gasteiger partial charge in [-0.1, -0.05) is 26.2 Å². The van der Waals surface area contributed by atoms with Crippen LogP contribution in [0.25, 0.3) is 0 Å². The lowest BCUT2D eigenvalue weighted by molar-refractivity contribution is -0.120. The largest absolute Gasteiger partial charge is 0.484 e. The Kier molecular flexibility index (Phi) is 7.76. The standard InChI is InChI=1S/C24H27FN2O4/c1-2-22(28)16-8-11-19(12-9-16)31-15-23(29)26-18-10-13-20(25)21(14-18)27-24(30)17-6-4-3-5-7-17/h8-14,17H,2-7,15H2,1H3,(H,26,29)(H,27,30). The summed E-state index contributed by atoms with van der Waals surface area (Å²) in [6, 6.07) is 10.6. The van der Waals surface area contributed by atoms with Crippen LogP contribution in [0, 0.1) is 11.7 Å². The van der Waals surface area contributed by atoms with Gasteiger partial charge in [-0.05, 0) is 55.3 Å². The van der Waals surface area contributed by atoms with Gasteiger partial charge < -0.3 is 15.4 Å². The van der Waals surface area contributed by atoms with Crippen molar-refractivity contribution >= 4 is 29.0 Å². The van der Waals surface area contributed by atoms with E-state index in [9.17, 15) is 18.8 Å². The van der Waals surface area contributed by atoms with Crippen molar-refractivity contribution < 1.29 is 23.5 Å². The molecule has 0 radical (unpaired) electrons. The highest BCUT2D eigenvalue weighted by Gasteiger charge is 2.22. The van der Waals surface area contributed by atoms with Crippen LogP contribution in [0.15, 0.2) is 42.5 Å². The molecule has 2 amide bonds. The summed E-state index contributed by atoms with van der Waals surface area (Å²) >= 11 is 0. The molecule has 2 aromatic rings. The number of rotatable bonds is 8.